The molecule has 0 atom stereocenters. The second-order valence-corrected chi connectivity index (χ2v) is 8.02. The predicted molar refractivity (Wildman–Crippen MR) is 127 cm³/mol. The summed E-state index contributed by atoms with van der Waals surface area (Å²) >= 11 is 0. The van der Waals surface area contributed by atoms with Gasteiger partial charge in [0, 0.05) is 24.2 Å². The van der Waals surface area contributed by atoms with Gasteiger partial charge < -0.3 is 0 Å². The molecule has 164 valence electrons. The number of benzene rings is 2. The number of carbonyl (C=O) groups excluding carboxylic acids is 1. The summed E-state index contributed by atoms with van der Waals surface area (Å²) in [5.74, 6) is -0.0291. The van der Waals surface area contributed by atoms with E-state index in [2.05, 4.69) is 39.6 Å². The molecule has 1 amide bonds. The molecule has 0 saturated carbocycles. The third-order valence-corrected chi connectivity index (χ3v) is 5.61. The summed E-state index contributed by atoms with van der Waals surface area (Å²) < 4.78 is 3.46. The summed E-state index contributed by atoms with van der Waals surface area (Å²) in [4.78, 5) is 22.3. The molecule has 3 aromatic heterocycles. The number of hydrogen-bond donors (Lipinski definition) is 1. The number of pyridine rings is 1. The molecule has 5 aromatic rings. The van der Waals surface area contributed by atoms with Crippen molar-refractivity contribution in [3.05, 3.63) is 89.5 Å². The van der Waals surface area contributed by atoms with Crippen molar-refractivity contribution < 1.29 is 4.79 Å². The van der Waals surface area contributed by atoms with Crippen LogP contribution in [0.3, 0.4) is 0 Å². The van der Waals surface area contributed by atoms with Crippen molar-refractivity contribution in [1.29, 1.82) is 0 Å². The van der Waals surface area contributed by atoms with Crippen molar-refractivity contribution in [2.24, 2.45) is 7.05 Å². The number of nitrogens with one attached hydrogen (secondary N) is 1. The summed E-state index contributed by atoms with van der Waals surface area (Å²) in [5.41, 5.74) is 6.01. The molecule has 0 fully saturated rings. The van der Waals surface area contributed by atoms with Crippen LogP contribution < -0.4 is 5.32 Å². The molecule has 0 spiro atoms. The van der Waals surface area contributed by atoms with E-state index in [4.69, 9.17) is 4.98 Å². The third-order valence-electron chi connectivity index (χ3n) is 5.61. The fraction of sp³-hybridized carbons (Fsp3) is 0.160. The van der Waals surface area contributed by atoms with Gasteiger partial charge in [-0.2, -0.15) is 5.10 Å². The van der Waals surface area contributed by atoms with Gasteiger partial charge >= 0.3 is 0 Å². The SMILES string of the molecule is Cc1ccccc1Cn1cnc(NC(=O)c2cc(-c3cn(C)nc3C)nc3ccccc23)n1. The van der Waals surface area contributed by atoms with Crippen LogP contribution in [0.5, 0.6) is 0 Å². The summed E-state index contributed by atoms with van der Waals surface area (Å²) in [6.07, 6.45) is 3.53. The second kappa shape index (κ2) is 8.31. The van der Waals surface area contributed by atoms with Crippen LogP contribution in [-0.4, -0.2) is 35.4 Å². The molecule has 1 N–H and O–H groups in total. The lowest BCUT2D eigenvalue weighted by molar-refractivity contribution is 0.102. The number of aromatic nitrogens is 6. The molecule has 8 nitrogen and oxygen atoms in total. The molecule has 0 aliphatic rings. The van der Waals surface area contributed by atoms with Crippen LogP contribution in [-0.2, 0) is 13.6 Å². The molecule has 2 aromatic carbocycles. The van der Waals surface area contributed by atoms with Gasteiger partial charge in [0.15, 0.2) is 0 Å². The largest absolute Gasteiger partial charge is 0.289 e. The van der Waals surface area contributed by atoms with Crippen molar-refractivity contribution in [3.63, 3.8) is 0 Å². The Labute approximate surface area is 190 Å². The number of nitrogens with zero attached hydrogens (tertiary/aromatic N) is 6. The highest BCUT2D eigenvalue weighted by atomic mass is 16.1. The molecule has 3 heterocycles. The van der Waals surface area contributed by atoms with Crippen LogP contribution in [0.1, 0.15) is 27.2 Å². The molecule has 0 saturated heterocycles. The minimum Gasteiger partial charge on any atom is -0.289 e. The fourth-order valence-corrected chi connectivity index (χ4v) is 3.91. The topological polar surface area (TPSA) is 90.5 Å². The Kier molecular flexibility index (Phi) is 5.18. The number of hydrogen-bond acceptors (Lipinski definition) is 5. The van der Waals surface area contributed by atoms with Crippen LogP contribution in [0.15, 0.2) is 67.1 Å². The van der Waals surface area contributed by atoms with Crippen molar-refractivity contribution in [3.8, 4) is 11.3 Å². The second-order valence-electron chi connectivity index (χ2n) is 8.02. The summed E-state index contributed by atoms with van der Waals surface area (Å²) in [6.45, 7) is 4.57. The zero-order valence-corrected chi connectivity index (χ0v) is 18.6. The number of fused-ring (bicyclic) bond motifs is 1. The maximum Gasteiger partial charge on any atom is 0.258 e. The standard InChI is InChI=1S/C25H23N7O/c1-16-8-4-5-9-18(16)13-32-15-26-25(30-32)28-24(33)20-12-23(21-14-31(3)29-17(21)2)27-22-11-7-6-10-19(20)22/h4-12,14-15H,13H2,1-3H3,(H,28,30,33). The first-order valence-corrected chi connectivity index (χ1v) is 10.6. The van der Waals surface area contributed by atoms with E-state index < -0.39 is 0 Å². The van der Waals surface area contributed by atoms with E-state index >= 15 is 0 Å². The lowest BCUT2D eigenvalue weighted by Gasteiger charge is -2.09. The lowest BCUT2D eigenvalue weighted by Crippen LogP contribution is -2.14. The monoisotopic (exact) mass is 437 g/mol. The maximum atomic E-state index is 13.3. The normalized spacial score (nSPS) is 11.1. The van der Waals surface area contributed by atoms with Gasteiger partial charge in [0.2, 0.25) is 5.95 Å². The Balaban J connectivity index is 1.46. The van der Waals surface area contributed by atoms with Crippen LogP contribution in [0, 0.1) is 13.8 Å². The van der Waals surface area contributed by atoms with E-state index in [0.29, 0.717) is 17.8 Å². The lowest BCUT2D eigenvalue weighted by atomic mass is 10.0. The molecule has 5 rings (SSSR count). The van der Waals surface area contributed by atoms with Crippen molar-refractivity contribution in [2.75, 3.05) is 5.32 Å². The third kappa shape index (κ3) is 4.10. The Hall–Kier alpha value is -4.33. The van der Waals surface area contributed by atoms with Gasteiger partial charge in [-0.25, -0.2) is 14.6 Å². The van der Waals surface area contributed by atoms with Crippen LogP contribution in [0.25, 0.3) is 22.2 Å². The first kappa shape index (κ1) is 20.6. The number of carbonyl (C=O) groups is 1. The first-order chi connectivity index (χ1) is 16.0. The van der Waals surface area contributed by atoms with Gasteiger partial charge in [-0.1, -0.05) is 42.5 Å². The molecule has 0 unspecified atom stereocenters. The van der Waals surface area contributed by atoms with Gasteiger partial charge in [-0.05, 0) is 37.1 Å². The van der Waals surface area contributed by atoms with Gasteiger partial charge in [0.1, 0.15) is 6.33 Å². The van der Waals surface area contributed by atoms with E-state index in [1.165, 1.54) is 5.56 Å². The van der Waals surface area contributed by atoms with Crippen molar-refractivity contribution in [2.45, 2.75) is 20.4 Å². The number of rotatable bonds is 5. The highest BCUT2D eigenvalue weighted by molar-refractivity contribution is 6.12. The fourth-order valence-electron chi connectivity index (χ4n) is 3.91. The van der Waals surface area contributed by atoms with Gasteiger partial charge in [0.05, 0.1) is 29.0 Å². The Morgan fingerprint density at radius 2 is 1.82 bits per heavy atom. The van der Waals surface area contributed by atoms with Crippen molar-refractivity contribution >= 4 is 22.8 Å². The molecule has 0 aliphatic carbocycles. The Morgan fingerprint density at radius 1 is 1.03 bits per heavy atom. The number of aryl methyl sites for hydroxylation is 3. The smallest absolute Gasteiger partial charge is 0.258 e. The molecule has 0 radical (unpaired) electrons. The molecular weight excluding hydrogens is 414 g/mol. The zero-order valence-electron chi connectivity index (χ0n) is 18.6. The minimum absolute atomic E-state index is 0.258. The van der Waals surface area contributed by atoms with Gasteiger partial charge in [0.25, 0.3) is 5.91 Å². The highest BCUT2D eigenvalue weighted by Crippen LogP contribution is 2.27. The molecule has 8 heteroatoms. The predicted octanol–water partition coefficient (Wildman–Crippen LogP) is 4.14. The first-order valence-electron chi connectivity index (χ1n) is 10.6. The van der Waals surface area contributed by atoms with Crippen LogP contribution in [0.4, 0.5) is 5.95 Å². The van der Waals surface area contributed by atoms with E-state index in [9.17, 15) is 4.79 Å². The van der Waals surface area contributed by atoms with Crippen LogP contribution in [0.2, 0.25) is 0 Å². The molecule has 33 heavy (non-hydrogen) atoms. The number of para-hydroxylation sites is 1. The number of amides is 1. The number of anilines is 1. The van der Waals surface area contributed by atoms with Crippen molar-refractivity contribution in [1.82, 2.24) is 29.5 Å². The van der Waals surface area contributed by atoms with Gasteiger partial charge in [-0.15, -0.1) is 5.10 Å². The summed E-state index contributed by atoms with van der Waals surface area (Å²) in [6, 6.07) is 17.5. The van der Waals surface area contributed by atoms with E-state index in [1.54, 1.807) is 21.8 Å². The average Bonchev–Trinajstić information content (AvgIpc) is 3.39. The molecule has 0 aliphatic heterocycles. The molecular formula is C25H23N7O. The average molecular weight is 438 g/mol. The van der Waals surface area contributed by atoms with E-state index in [0.717, 1.165) is 27.7 Å². The van der Waals surface area contributed by atoms with Gasteiger partial charge in [-0.3, -0.25) is 14.8 Å². The van der Waals surface area contributed by atoms with Crippen LogP contribution >= 0.6 is 0 Å². The molecule has 0 bridgehead atoms. The Morgan fingerprint density at radius 3 is 2.61 bits per heavy atom. The summed E-state index contributed by atoms with van der Waals surface area (Å²) in [5, 5.41) is 12.4. The van der Waals surface area contributed by atoms with E-state index in [-0.39, 0.29) is 11.9 Å². The highest BCUT2D eigenvalue weighted by Gasteiger charge is 2.17. The van der Waals surface area contributed by atoms with E-state index in [1.807, 2.05) is 56.6 Å². The minimum atomic E-state index is -0.287. The zero-order chi connectivity index (χ0) is 22.9. The quantitative estimate of drug-likeness (QED) is 0.446. The maximum absolute atomic E-state index is 13.3. The Bertz CT molecular complexity index is 1480. The summed E-state index contributed by atoms with van der Waals surface area (Å²) in [7, 11) is 1.87.